The maximum absolute atomic E-state index is 5.75. The van der Waals surface area contributed by atoms with Gasteiger partial charge in [0.25, 0.3) is 0 Å². The molecule has 0 aromatic heterocycles. The Morgan fingerprint density at radius 1 is 1.45 bits per heavy atom. The molecule has 0 bridgehead atoms. The van der Waals surface area contributed by atoms with Crippen molar-refractivity contribution in [3.63, 3.8) is 0 Å². The summed E-state index contributed by atoms with van der Waals surface area (Å²) < 4.78 is 0. The van der Waals surface area contributed by atoms with E-state index in [1.807, 2.05) is 31.2 Å². The third kappa shape index (κ3) is 3.00. The maximum atomic E-state index is 5.75. The van der Waals surface area contributed by atoms with E-state index in [4.69, 9.17) is 23.2 Å². The second kappa shape index (κ2) is 3.84. The molecule has 1 nitrogen and oxygen atoms in total. The van der Waals surface area contributed by atoms with Gasteiger partial charge in [-0.2, -0.15) is 0 Å². The van der Waals surface area contributed by atoms with Crippen LogP contribution in [0.1, 0.15) is 6.92 Å². The molecule has 1 aromatic rings. The largest absolute Gasteiger partial charge is 0.369 e. The van der Waals surface area contributed by atoms with Gasteiger partial charge in [-0.1, -0.05) is 29.3 Å². The van der Waals surface area contributed by atoms with E-state index < -0.39 is 0 Å². The molecule has 1 aromatic carbocycles. The van der Waals surface area contributed by atoms with Gasteiger partial charge in [-0.3, -0.25) is 0 Å². The van der Waals surface area contributed by atoms with Crippen molar-refractivity contribution < 1.29 is 0 Å². The van der Waals surface area contributed by atoms with Gasteiger partial charge in [0.2, 0.25) is 0 Å². The van der Waals surface area contributed by atoms with Gasteiger partial charge in [-0.15, -0.1) is 0 Å². The lowest BCUT2D eigenvalue weighted by atomic mass is 10.3. The second-order valence-electron chi connectivity index (χ2n) is 2.27. The van der Waals surface area contributed by atoms with Gasteiger partial charge in [0.05, 0.1) is 5.50 Å². The van der Waals surface area contributed by atoms with Crippen molar-refractivity contribution >= 4 is 28.9 Å². The van der Waals surface area contributed by atoms with Crippen LogP contribution in [-0.4, -0.2) is 5.50 Å². The molecule has 1 N–H and O–H groups in total. The minimum Gasteiger partial charge on any atom is -0.369 e. The van der Waals surface area contributed by atoms with Gasteiger partial charge in [-0.05, 0) is 25.1 Å². The van der Waals surface area contributed by atoms with Crippen LogP contribution in [0, 0.1) is 0 Å². The van der Waals surface area contributed by atoms with Crippen LogP contribution in [0.5, 0.6) is 0 Å². The van der Waals surface area contributed by atoms with E-state index in [2.05, 4.69) is 5.32 Å². The van der Waals surface area contributed by atoms with Crippen molar-refractivity contribution in [1.82, 2.24) is 0 Å². The molecule has 1 unspecified atom stereocenters. The molecule has 11 heavy (non-hydrogen) atoms. The molecule has 0 fully saturated rings. The van der Waals surface area contributed by atoms with Crippen LogP contribution >= 0.6 is 23.2 Å². The predicted octanol–water partition coefficient (Wildman–Crippen LogP) is 3.34. The lowest BCUT2D eigenvalue weighted by Gasteiger charge is -2.07. The van der Waals surface area contributed by atoms with Crippen molar-refractivity contribution in [2.75, 3.05) is 5.32 Å². The monoisotopic (exact) mass is 189 g/mol. The summed E-state index contributed by atoms with van der Waals surface area (Å²) in [7, 11) is 0. The normalized spacial score (nSPS) is 12.6. The number of anilines is 1. The Hall–Kier alpha value is -0.400. The molecule has 0 radical (unpaired) electrons. The molecular weight excluding hydrogens is 181 g/mol. The van der Waals surface area contributed by atoms with Crippen molar-refractivity contribution in [2.24, 2.45) is 0 Å². The first kappa shape index (κ1) is 8.69. The third-order valence-electron chi connectivity index (χ3n) is 1.19. The standard InChI is InChI=1S/C8H9Cl2N/c1-6(9)11-8-4-2-3-7(10)5-8/h2-6,11H,1H3. The first-order valence-corrected chi connectivity index (χ1v) is 4.16. The van der Waals surface area contributed by atoms with Crippen LogP contribution in [0.25, 0.3) is 0 Å². The van der Waals surface area contributed by atoms with Gasteiger partial charge in [0.1, 0.15) is 0 Å². The van der Waals surface area contributed by atoms with Crippen LogP contribution in [0.3, 0.4) is 0 Å². The highest BCUT2D eigenvalue weighted by Gasteiger charge is 1.95. The Bertz CT molecular complexity index is 235. The van der Waals surface area contributed by atoms with Crippen LogP contribution < -0.4 is 5.32 Å². The number of alkyl halides is 1. The highest BCUT2D eigenvalue weighted by Crippen LogP contribution is 2.16. The minimum absolute atomic E-state index is 0.0755. The summed E-state index contributed by atoms with van der Waals surface area (Å²) in [4.78, 5) is 0. The van der Waals surface area contributed by atoms with Crippen molar-refractivity contribution in [2.45, 2.75) is 12.4 Å². The Balaban J connectivity index is 2.71. The summed E-state index contributed by atoms with van der Waals surface area (Å²) in [5, 5.41) is 3.74. The van der Waals surface area contributed by atoms with Gasteiger partial charge >= 0.3 is 0 Å². The molecule has 0 amide bonds. The van der Waals surface area contributed by atoms with E-state index in [1.165, 1.54) is 0 Å². The van der Waals surface area contributed by atoms with Crippen molar-refractivity contribution in [3.05, 3.63) is 29.3 Å². The van der Waals surface area contributed by atoms with E-state index in [1.54, 1.807) is 0 Å². The molecule has 60 valence electrons. The number of hydrogen-bond acceptors (Lipinski definition) is 1. The molecule has 3 heteroatoms. The Morgan fingerprint density at radius 2 is 2.18 bits per heavy atom. The van der Waals surface area contributed by atoms with Gasteiger partial charge in [0.15, 0.2) is 0 Å². The summed E-state index contributed by atoms with van der Waals surface area (Å²) in [6, 6.07) is 7.46. The number of rotatable bonds is 2. The summed E-state index contributed by atoms with van der Waals surface area (Å²) in [5.74, 6) is 0. The summed E-state index contributed by atoms with van der Waals surface area (Å²) in [5.41, 5.74) is 0.869. The average molecular weight is 190 g/mol. The Kier molecular flexibility index (Phi) is 3.03. The fraction of sp³-hybridized carbons (Fsp3) is 0.250. The van der Waals surface area contributed by atoms with Crippen LogP contribution in [-0.2, 0) is 0 Å². The van der Waals surface area contributed by atoms with Crippen molar-refractivity contribution in [3.8, 4) is 0 Å². The van der Waals surface area contributed by atoms with E-state index in [9.17, 15) is 0 Å². The third-order valence-corrected chi connectivity index (χ3v) is 1.53. The highest BCUT2D eigenvalue weighted by molar-refractivity contribution is 6.30. The van der Waals surface area contributed by atoms with Gasteiger partial charge in [-0.25, -0.2) is 0 Å². The number of halogens is 2. The zero-order valence-corrected chi connectivity index (χ0v) is 7.65. The summed E-state index contributed by atoms with van der Waals surface area (Å²) in [6.45, 7) is 1.86. The zero-order chi connectivity index (χ0) is 8.27. The molecule has 0 saturated carbocycles. The predicted molar refractivity (Wildman–Crippen MR) is 50.4 cm³/mol. The van der Waals surface area contributed by atoms with Gasteiger partial charge in [0, 0.05) is 10.7 Å². The molecule has 0 saturated heterocycles. The fourth-order valence-electron chi connectivity index (χ4n) is 0.808. The molecule has 0 aliphatic rings. The van der Waals surface area contributed by atoms with Crippen LogP contribution in [0.15, 0.2) is 24.3 Å². The number of nitrogens with one attached hydrogen (secondary N) is 1. The summed E-state index contributed by atoms with van der Waals surface area (Å²) >= 11 is 11.5. The quantitative estimate of drug-likeness (QED) is 0.557. The summed E-state index contributed by atoms with van der Waals surface area (Å²) in [6.07, 6.45) is 0. The average Bonchev–Trinajstić information content (AvgIpc) is 1.85. The SMILES string of the molecule is CC(Cl)Nc1cccc(Cl)c1. The van der Waals surface area contributed by atoms with E-state index in [-0.39, 0.29) is 5.50 Å². The molecule has 1 atom stereocenters. The van der Waals surface area contributed by atoms with Gasteiger partial charge < -0.3 is 5.32 Å². The van der Waals surface area contributed by atoms with E-state index in [0.717, 1.165) is 5.69 Å². The Labute approximate surface area is 76.3 Å². The number of hydrogen-bond donors (Lipinski definition) is 1. The first-order chi connectivity index (χ1) is 5.18. The lowest BCUT2D eigenvalue weighted by molar-refractivity contribution is 1.11. The minimum atomic E-state index is -0.0755. The molecular formula is C8H9Cl2N. The van der Waals surface area contributed by atoms with E-state index >= 15 is 0 Å². The van der Waals surface area contributed by atoms with Crippen molar-refractivity contribution in [1.29, 1.82) is 0 Å². The van der Waals surface area contributed by atoms with Crippen LogP contribution in [0.2, 0.25) is 5.02 Å². The lowest BCUT2D eigenvalue weighted by Crippen LogP contribution is -2.05. The molecule has 0 aliphatic heterocycles. The zero-order valence-electron chi connectivity index (χ0n) is 6.14. The first-order valence-electron chi connectivity index (χ1n) is 3.34. The fourth-order valence-corrected chi connectivity index (χ4v) is 1.12. The second-order valence-corrected chi connectivity index (χ2v) is 3.36. The topological polar surface area (TPSA) is 12.0 Å². The molecule has 0 heterocycles. The van der Waals surface area contributed by atoms with Crippen LogP contribution in [0.4, 0.5) is 5.69 Å². The highest BCUT2D eigenvalue weighted by atomic mass is 35.5. The molecule has 0 aliphatic carbocycles. The van der Waals surface area contributed by atoms with E-state index in [0.29, 0.717) is 5.02 Å². The maximum Gasteiger partial charge on any atom is 0.0984 e. The molecule has 0 spiro atoms. The molecule has 1 rings (SSSR count). The Morgan fingerprint density at radius 3 is 2.73 bits per heavy atom. The number of benzene rings is 1. The smallest absolute Gasteiger partial charge is 0.0984 e.